The lowest BCUT2D eigenvalue weighted by Crippen LogP contribution is -2.07. The molecule has 0 unspecified atom stereocenters. The molecule has 76 valence electrons. The molecule has 14 heavy (non-hydrogen) atoms. The Kier molecular flexibility index (Phi) is 2.87. The summed E-state index contributed by atoms with van der Waals surface area (Å²) in [6.07, 6.45) is 8.48. The molecule has 1 aliphatic carbocycles. The van der Waals surface area contributed by atoms with E-state index in [-0.39, 0.29) is 0 Å². The number of hydrogen-bond donors (Lipinski definition) is 0. The van der Waals surface area contributed by atoms with E-state index in [1.807, 2.05) is 4.68 Å². The van der Waals surface area contributed by atoms with Crippen molar-refractivity contribution in [3.63, 3.8) is 0 Å². The summed E-state index contributed by atoms with van der Waals surface area (Å²) in [5, 5.41) is 3.68. The van der Waals surface area contributed by atoms with Crippen molar-refractivity contribution in [2.24, 2.45) is 5.92 Å². The Bertz CT molecular complexity index is 329. The van der Waals surface area contributed by atoms with Crippen molar-refractivity contribution in [1.82, 2.24) is 9.78 Å². The third-order valence-electron chi connectivity index (χ3n) is 2.78. The Morgan fingerprint density at radius 3 is 2.86 bits per heavy atom. The average Bonchev–Trinajstić information content (AvgIpc) is 2.75. The molecule has 1 fully saturated rings. The van der Waals surface area contributed by atoms with Gasteiger partial charge in [-0.1, -0.05) is 12.8 Å². The summed E-state index contributed by atoms with van der Waals surface area (Å²) in [5.74, 6) is 0.730. The van der Waals surface area contributed by atoms with Gasteiger partial charge in [-0.25, -0.2) is 0 Å². The summed E-state index contributed by atoms with van der Waals surface area (Å²) in [5.41, 5.74) is 0.490. The van der Waals surface area contributed by atoms with E-state index in [9.17, 15) is 4.79 Å². The van der Waals surface area contributed by atoms with Crippen LogP contribution in [0.15, 0.2) is 12.4 Å². The molecule has 2 rings (SSSR count). The number of halogens is 1. The van der Waals surface area contributed by atoms with Crippen LogP contribution in [0.4, 0.5) is 0 Å². The van der Waals surface area contributed by atoms with Gasteiger partial charge in [0.2, 0.25) is 0 Å². The van der Waals surface area contributed by atoms with Crippen LogP contribution in [0.1, 0.15) is 36.0 Å². The maximum atomic E-state index is 10.8. The molecule has 0 aliphatic heterocycles. The number of hydrogen-bond acceptors (Lipinski definition) is 2. The van der Waals surface area contributed by atoms with Gasteiger partial charge in [0.15, 0.2) is 0 Å². The first kappa shape index (κ1) is 9.71. The van der Waals surface area contributed by atoms with E-state index in [0.29, 0.717) is 5.56 Å². The fourth-order valence-electron chi connectivity index (χ4n) is 2.02. The minimum absolute atomic E-state index is 0.428. The summed E-state index contributed by atoms with van der Waals surface area (Å²) >= 11 is 5.34. The quantitative estimate of drug-likeness (QED) is 0.722. The fourth-order valence-corrected chi connectivity index (χ4v) is 2.12. The van der Waals surface area contributed by atoms with Gasteiger partial charge in [0.1, 0.15) is 0 Å². The number of nitrogens with zero attached hydrogens (tertiary/aromatic N) is 2. The molecule has 0 bridgehead atoms. The molecule has 0 N–H and O–H groups in total. The summed E-state index contributed by atoms with van der Waals surface area (Å²) in [4.78, 5) is 10.8. The van der Waals surface area contributed by atoms with Crippen molar-refractivity contribution in [2.75, 3.05) is 0 Å². The lowest BCUT2D eigenvalue weighted by molar-refractivity contribution is 0.108. The van der Waals surface area contributed by atoms with Crippen LogP contribution in [0.3, 0.4) is 0 Å². The van der Waals surface area contributed by atoms with Crippen molar-refractivity contribution in [2.45, 2.75) is 32.2 Å². The molecular formula is C10H13ClN2O. The lowest BCUT2D eigenvalue weighted by atomic mass is 10.1. The molecule has 1 saturated carbocycles. The second-order valence-electron chi connectivity index (χ2n) is 3.88. The number of carbonyl (C=O) groups is 1. The molecule has 1 aromatic heterocycles. The summed E-state index contributed by atoms with van der Waals surface area (Å²) in [6.45, 7) is 0.921. The largest absolute Gasteiger partial charge is 0.275 e. The Morgan fingerprint density at radius 2 is 2.29 bits per heavy atom. The maximum absolute atomic E-state index is 10.8. The number of rotatable bonds is 3. The van der Waals surface area contributed by atoms with Crippen molar-refractivity contribution in [3.8, 4) is 0 Å². The van der Waals surface area contributed by atoms with Crippen molar-refractivity contribution >= 4 is 16.8 Å². The van der Waals surface area contributed by atoms with Crippen molar-refractivity contribution in [1.29, 1.82) is 0 Å². The molecular weight excluding hydrogens is 200 g/mol. The van der Waals surface area contributed by atoms with Crippen LogP contribution in [0.5, 0.6) is 0 Å². The minimum atomic E-state index is -0.428. The SMILES string of the molecule is O=C(Cl)c1cnn(CC2CCCC2)c1. The predicted molar refractivity (Wildman–Crippen MR) is 54.4 cm³/mol. The maximum Gasteiger partial charge on any atom is 0.255 e. The van der Waals surface area contributed by atoms with E-state index in [2.05, 4.69) is 5.10 Å². The second kappa shape index (κ2) is 4.13. The second-order valence-corrected chi connectivity index (χ2v) is 4.22. The van der Waals surface area contributed by atoms with Crippen LogP contribution >= 0.6 is 11.6 Å². The standard InChI is InChI=1S/C10H13ClN2O/c11-10(14)9-5-12-13(7-9)6-8-3-1-2-4-8/h5,7-8H,1-4,6H2. The predicted octanol–water partition coefficient (Wildman–Crippen LogP) is 2.45. The van der Waals surface area contributed by atoms with Crippen LogP contribution in [0.2, 0.25) is 0 Å². The lowest BCUT2D eigenvalue weighted by Gasteiger charge is -2.07. The summed E-state index contributed by atoms with van der Waals surface area (Å²) < 4.78 is 1.82. The number of aromatic nitrogens is 2. The smallest absolute Gasteiger partial charge is 0.255 e. The van der Waals surface area contributed by atoms with Gasteiger partial charge in [0.25, 0.3) is 5.24 Å². The molecule has 1 heterocycles. The highest BCUT2D eigenvalue weighted by atomic mass is 35.5. The zero-order chi connectivity index (χ0) is 9.97. The van der Waals surface area contributed by atoms with Crippen molar-refractivity contribution in [3.05, 3.63) is 18.0 Å². The Labute approximate surface area is 88.1 Å². The zero-order valence-electron chi connectivity index (χ0n) is 7.95. The Hall–Kier alpha value is -0.830. The van der Waals surface area contributed by atoms with E-state index >= 15 is 0 Å². The normalized spacial score (nSPS) is 17.5. The highest BCUT2D eigenvalue weighted by Gasteiger charge is 2.16. The Morgan fingerprint density at radius 1 is 1.57 bits per heavy atom. The molecule has 0 spiro atoms. The Balaban J connectivity index is 1.98. The zero-order valence-corrected chi connectivity index (χ0v) is 8.70. The van der Waals surface area contributed by atoms with Crippen LogP contribution in [0, 0.1) is 5.92 Å². The van der Waals surface area contributed by atoms with Crippen LogP contribution < -0.4 is 0 Å². The van der Waals surface area contributed by atoms with Gasteiger partial charge in [-0.3, -0.25) is 9.48 Å². The van der Waals surface area contributed by atoms with Crippen LogP contribution in [-0.2, 0) is 6.54 Å². The van der Waals surface area contributed by atoms with Crippen LogP contribution in [-0.4, -0.2) is 15.0 Å². The van der Waals surface area contributed by atoms with Gasteiger partial charge >= 0.3 is 0 Å². The van der Waals surface area contributed by atoms with E-state index < -0.39 is 5.24 Å². The van der Waals surface area contributed by atoms with Gasteiger partial charge in [-0.15, -0.1) is 0 Å². The first-order valence-electron chi connectivity index (χ1n) is 4.98. The molecule has 0 radical (unpaired) electrons. The molecule has 0 saturated heterocycles. The molecule has 1 aliphatic rings. The molecule has 3 nitrogen and oxygen atoms in total. The minimum Gasteiger partial charge on any atom is -0.275 e. The van der Waals surface area contributed by atoms with E-state index in [0.717, 1.165) is 12.5 Å². The van der Waals surface area contributed by atoms with Gasteiger partial charge in [-0.05, 0) is 30.4 Å². The van der Waals surface area contributed by atoms with Gasteiger partial charge < -0.3 is 0 Å². The fraction of sp³-hybridized carbons (Fsp3) is 0.600. The molecule has 4 heteroatoms. The van der Waals surface area contributed by atoms with Gasteiger partial charge in [0, 0.05) is 12.7 Å². The highest BCUT2D eigenvalue weighted by molar-refractivity contribution is 6.67. The summed E-state index contributed by atoms with van der Waals surface area (Å²) in [7, 11) is 0. The molecule has 0 amide bonds. The third kappa shape index (κ3) is 2.15. The monoisotopic (exact) mass is 212 g/mol. The highest BCUT2D eigenvalue weighted by Crippen LogP contribution is 2.25. The van der Waals surface area contributed by atoms with Gasteiger partial charge in [0.05, 0.1) is 11.8 Å². The van der Waals surface area contributed by atoms with E-state index in [1.54, 1.807) is 6.20 Å². The molecule has 0 atom stereocenters. The van der Waals surface area contributed by atoms with Crippen molar-refractivity contribution < 1.29 is 4.79 Å². The summed E-state index contributed by atoms with van der Waals surface area (Å²) in [6, 6.07) is 0. The van der Waals surface area contributed by atoms with E-state index in [4.69, 9.17) is 11.6 Å². The van der Waals surface area contributed by atoms with Gasteiger partial charge in [-0.2, -0.15) is 5.10 Å². The third-order valence-corrected chi connectivity index (χ3v) is 3.00. The van der Waals surface area contributed by atoms with Crippen LogP contribution in [0.25, 0.3) is 0 Å². The molecule has 0 aromatic carbocycles. The topological polar surface area (TPSA) is 34.9 Å². The van der Waals surface area contributed by atoms with E-state index in [1.165, 1.54) is 31.9 Å². The first-order chi connectivity index (χ1) is 6.75. The average molecular weight is 213 g/mol. The number of carbonyl (C=O) groups excluding carboxylic acids is 1. The first-order valence-corrected chi connectivity index (χ1v) is 5.36. The molecule has 1 aromatic rings.